The maximum Gasteiger partial charge on any atom is 0.307 e. The zero-order valence-corrected chi connectivity index (χ0v) is 15.1. The molecule has 4 nitrogen and oxygen atoms in total. The molecule has 0 saturated heterocycles. The zero-order valence-electron chi connectivity index (χ0n) is 15.1. The number of aliphatic carboxylic acids is 1. The van der Waals surface area contributed by atoms with Crippen LogP contribution in [0.15, 0.2) is 48.5 Å². The summed E-state index contributed by atoms with van der Waals surface area (Å²) in [5.41, 5.74) is 4.65. The standard InChI is InChI=1S/C22H24O4/c1-14(2)11-15(22(24)25)12-21(23)26-13-20-18-9-5-3-7-16(18)17-8-4-6-10-19(17)20/h3-10,14-15,20H,11-13H2,1-2H3,(H,24,25)/t15-/m0/s1. The van der Waals surface area contributed by atoms with Gasteiger partial charge in [-0.3, -0.25) is 9.59 Å². The maximum atomic E-state index is 12.2. The molecule has 1 aliphatic carbocycles. The van der Waals surface area contributed by atoms with Crippen molar-refractivity contribution in [2.75, 3.05) is 6.61 Å². The molecular weight excluding hydrogens is 328 g/mol. The average molecular weight is 352 g/mol. The Balaban J connectivity index is 1.70. The summed E-state index contributed by atoms with van der Waals surface area (Å²) in [6.45, 7) is 4.14. The van der Waals surface area contributed by atoms with Crippen molar-refractivity contribution in [1.82, 2.24) is 0 Å². The largest absolute Gasteiger partial charge is 0.481 e. The minimum Gasteiger partial charge on any atom is -0.481 e. The minimum absolute atomic E-state index is 0.000253. The van der Waals surface area contributed by atoms with Crippen LogP contribution in [0.25, 0.3) is 11.1 Å². The van der Waals surface area contributed by atoms with Crippen LogP contribution in [-0.2, 0) is 14.3 Å². The van der Waals surface area contributed by atoms with E-state index >= 15 is 0 Å². The van der Waals surface area contributed by atoms with Crippen molar-refractivity contribution in [1.29, 1.82) is 0 Å². The molecule has 0 heterocycles. The summed E-state index contributed by atoms with van der Waals surface area (Å²) in [5.74, 6) is -1.85. The highest BCUT2D eigenvalue weighted by Gasteiger charge is 2.30. The van der Waals surface area contributed by atoms with Crippen LogP contribution < -0.4 is 0 Å². The van der Waals surface area contributed by atoms with E-state index in [0.29, 0.717) is 6.42 Å². The van der Waals surface area contributed by atoms with Gasteiger partial charge in [0.2, 0.25) is 0 Å². The molecule has 0 unspecified atom stereocenters. The van der Waals surface area contributed by atoms with Crippen LogP contribution in [0, 0.1) is 11.8 Å². The van der Waals surface area contributed by atoms with Gasteiger partial charge in [-0.15, -0.1) is 0 Å². The molecule has 2 aromatic carbocycles. The van der Waals surface area contributed by atoms with Crippen LogP contribution in [0.1, 0.15) is 43.7 Å². The molecule has 0 saturated carbocycles. The molecular formula is C22H24O4. The van der Waals surface area contributed by atoms with Crippen molar-refractivity contribution in [2.45, 2.75) is 32.6 Å². The Morgan fingerprint density at radius 1 is 1.00 bits per heavy atom. The van der Waals surface area contributed by atoms with Crippen molar-refractivity contribution in [3.05, 3.63) is 59.7 Å². The fourth-order valence-electron chi connectivity index (χ4n) is 3.72. The Labute approximate surface area is 153 Å². The minimum atomic E-state index is -0.938. The first kappa shape index (κ1) is 18.2. The number of esters is 1. The molecule has 0 bridgehead atoms. The van der Waals surface area contributed by atoms with Crippen molar-refractivity contribution in [3.8, 4) is 11.1 Å². The molecule has 2 aromatic rings. The van der Waals surface area contributed by atoms with E-state index in [-0.39, 0.29) is 24.9 Å². The Morgan fingerprint density at radius 3 is 2.04 bits per heavy atom. The molecule has 0 spiro atoms. The molecule has 1 aliphatic rings. The van der Waals surface area contributed by atoms with Gasteiger partial charge in [-0.05, 0) is 34.6 Å². The normalized spacial score (nSPS) is 14.0. The topological polar surface area (TPSA) is 63.6 Å². The van der Waals surface area contributed by atoms with Gasteiger partial charge in [0, 0.05) is 5.92 Å². The number of rotatable bonds is 7. The molecule has 0 radical (unpaired) electrons. The second kappa shape index (κ2) is 7.73. The molecule has 0 fully saturated rings. The number of ether oxygens (including phenoxy) is 1. The van der Waals surface area contributed by atoms with Gasteiger partial charge in [0.1, 0.15) is 6.61 Å². The van der Waals surface area contributed by atoms with E-state index in [1.165, 1.54) is 11.1 Å². The molecule has 3 rings (SSSR count). The van der Waals surface area contributed by atoms with Crippen LogP contribution in [0.4, 0.5) is 0 Å². The van der Waals surface area contributed by atoms with Gasteiger partial charge in [0.15, 0.2) is 0 Å². The predicted molar refractivity (Wildman–Crippen MR) is 99.9 cm³/mol. The van der Waals surface area contributed by atoms with Crippen molar-refractivity contribution >= 4 is 11.9 Å². The fourth-order valence-corrected chi connectivity index (χ4v) is 3.72. The van der Waals surface area contributed by atoms with E-state index in [1.807, 2.05) is 38.1 Å². The van der Waals surface area contributed by atoms with E-state index in [1.54, 1.807) is 0 Å². The van der Waals surface area contributed by atoms with Gasteiger partial charge >= 0.3 is 11.9 Å². The third kappa shape index (κ3) is 3.79. The van der Waals surface area contributed by atoms with Gasteiger partial charge in [-0.25, -0.2) is 0 Å². The quantitative estimate of drug-likeness (QED) is 0.746. The number of carbonyl (C=O) groups excluding carboxylic acids is 1. The summed E-state index contributed by atoms with van der Waals surface area (Å²) >= 11 is 0. The lowest BCUT2D eigenvalue weighted by atomic mass is 9.94. The first-order valence-electron chi connectivity index (χ1n) is 9.04. The van der Waals surface area contributed by atoms with Crippen LogP contribution >= 0.6 is 0 Å². The van der Waals surface area contributed by atoms with Crippen LogP contribution in [0.5, 0.6) is 0 Å². The monoisotopic (exact) mass is 352 g/mol. The Kier molecular flexibility index (Phi) is 5.40. The lowest BCUT2D eigenvalue weighted by molar-refractivity contribution is -0.152. The Bertz CT molecular complexity index is 764. The second-order valence-corrected chi connectivity index (χ2v) is 7.28. The lowest BCUT2D eigenvalue weighted by Crippen LogP contribution is -2.22. The smallest absolute Gasteiger partial charge is 0.307 e. The van der Waals surface area contributed by atoms with E-state index in [4.69, 9.17) is 4.74 Å². The van der Waals surface area contributed by atoms with Crippen LogP contribution in [0.3, 0.4) is 0 Å². The summed E-state index contributed by atoms with van der Waals surface area (Å²) in [6.07, 6.45) is 0.392. The molecule has 1 N–H and O–H groups in total. The molecule has 0 aromatic heterocycles. The number of hydrogen-bond donors (Lipinski definition) is 1. The third-order valence-corrected chi connectivity index (χ3v) is 4.89. The summed E-state index contributed by atoms with van der Waals surface area (Å²) < 4.78 is 5.50. The first-order valence-corrected chi connectivity index (χ1v) is 9.04. The van der Waals surface area contributed by atoms with E-state index in [2.05, 4.69) is 24.3 Å². The Morgan fingerprint density at radius 2 is 1.54 bits per heavy atom. The summed E-state index contributed by atoms with van der Waals surface area (Å²) in [6, 6.07) is 16.3. The van der Waals surface area contributed by atoms with Gasteiger partial charge in [0.05, 0.1) is 12.3 Å². The van der Waals surface area contributed by atoms with Crippen LogP contribution in [-0.4, -0.2) is 23.7 Å². The van der Waals surface area contributed by atoms with Gasteiger partial charge in [-0.2, -0.15) is 0 Å². The van der Waals surface area contributed by atoms with Crippen molar-refractivity contribution in [3.63, 3.8) is 0 Å². The van der Waals surface area contributed by atoms with E-state index < -0.39 is 17.9 Å². The second-order valence-electron chi connectivity index (χ2n) is 7.28. The number of benzene rings is 2. The highest BCUT2D eigenvalue weighted by Crippen LogP contribution is 2.44. The number of carboxylic acid groups (broad SMARTS) is 1. The molecule has 0 aliphatic heterocycles. The molecule has 0 amide bonds. The van der Waals surface area contributed by atoms with Gasteiger partial charge in [-0.1, -0.05) is 62.4 Å². The summed E-state index contributed by atoms with van der Waals surface area (Å²) in [4.78, 5) is 23.6. The molecule has 136 valence electrons. The predicted octanol–water partition coefficient (Wildman–Crippen LogP) is 4.48. The number of carbonyl (C=O) groups is 2. The average Bonchev–Trinajstić information content (AvgIpc) is 2.93. The van der Waals surface area contributed by atoms with Crippen molar-refractivity contribution < 1.29 is 19.4 Å². The number of fused-ring (bicyclic) bond motifs is 3. The lowest BCUT2D eigenvalue weighted by Gasteiger charge is -2.17. The molecule has 1 atom stereocenters. The van der Waals surface area contributed by atoms with Crippen molar-refractivity contribution in [2.24, 2.45) is 11.8 Å². The van der Waals surface area contributed by atoms with E-state index in [9.17, 15) is 14.7 Å². The number of carboxylic acids is 1. The van der Waals surface area contributed by atoms with Crippen LogP contribution in [0.2, 0.25) is 0 Å². The molecule has 26 heavy (non-hydrogen) atoms. The highest BCUT2D eigenvalue weighted by atomic mass is 16.5. The summed E-state index contributed by atoms with van der Waals surface area (Å²) in [7, 11) is 0. The summed E-state index contributed by atoms with van der Waals surface area (Å²) in [5, 5.41) is 9.30. The van der Waals surface area contributed by atoms with E-state index in [0.717, 1.165) is 11.1 Å². The van der Waals surface area contributed by atoms with Gasteiger partial charge < -0.3 is 9.84 Å². The SMILES string of the molecule is CC(C)C[C@@H](CC(=O)OCC1c2ccccc2-c2ccccc21)C(=O)O. The highest BCUT2D eigenvalue weighted by molar-refractivity contribution is 5.80. The van der Waals surface area contributed by atoms with Gasteiger partial charge in [0.25, 0.3) is 0 Å². The third-order valence-electron chi connectivity index (χ3n) is 4.89. The zero-order chi connectivity index (χ0) is 18.7. The maximum absolute atomic E-state index is 12.2. The Hall–Kier alpha value is -2.62. The molecule has 4 heteroatoms. The fraction of sp³-hybridized carbons (Fsp3) is 0.364. The number of hydrogen-bond acceptors (Lipinski definition) is 3. The first-order chi connectivity index (χ1) is 12.5.